The first kappa shape index (κ1) is 14.2. The summed E-state index contributed by atoms with van der Waals surface area (Å²) in [4.78, 5) is 8.66. The lowest BCUT2D eigenvalue weighted by atomic mass is 9.96. The Morgan fingerprint density at radius 2 is 1.94 bits per heavy atom. The minimum atomic E-state index is 0.0698. The van der Waals surface area contributed by atoms with Gasteiger partial charge in [-0.1, -0.05) is 13.8 Å². The van der Waals surface area contributed by atoms with Crippen LogP contribution in [-0.2, 0) is 0 Å². The van der Waals surface area contributed by atoms with Gasteiger partial charge in [0.05, 0.1) is 4.47 Å². The lowest BCUT2D eigenvalue weighted by Gasteiger charge is -2.29. The fourth-order valence-corrected chi connectivity index (χ4v) is 1.70. The second-order valence-electron chi connectivity index (χ2n) is 4.31. The van der Waals surface area contributed by atoms with Gasteiger partial charge in [0.15, 0.2) is 0 Å². The molecule has 96 valence electrons. The van der Waals surface area contributed by atoms with Gasteiger partial charge in [-0.05, 0) is 42.6 Å². The molecule has 0 atom stereocenters. The molecule has 0 radical (unpaired) electrons. The maximum atomic E-state index is 4.46. The molecule has 0 unspecified atom stereocenters. The Morgan fingerprint density at radius 1 is 1.29 bits per heavy atom. The van der Waals surface area contributed by atoms with E-state index in [2.05, 4.69) is 57.3 Å². The first-order valence-corrected chi connectivity index (χ1v) is 6.88. The molecule has 4 nitrogen and oxygen atoms in total. The van der Waals surface area contributed by atoms with Crippen LogP contribution in [0.2, 0.25) is 0 Å². The van der Waals surface area contributed by atoms with E-state index in [1.165, 1.54) is 0 Å². The second kappa shape index (κ2) is 6.19. The van der Waals surface area contributed by atoms with E-state index in [1.54, 1.807) is 6.20 Å². The molecule has 0 aliphatic rings. The van der Waals surface area contributed by atoms with Gasteiger partial charge in [-0.15, -0.1) is 0 Å². The van der Waals surface area contributed by atoms with Crippen LogP contribution in [0.15, 0.2) is 10.7 Å². The molecule has 0 saturated heterocycles. The highest BCUT2D eigenvalue weighted by Gasteiger charge is 2.21. The van der Waals surface area contributed by atoms with E-state index in [0.29, 0.717) is 5.95 Å². The smallest absolute Gasteiger partial charge is 0.224 e. The third-order valence-corrected chi connectivity index (χ3v) is 3.64. The van der Waals surface area contributed by atoms with Crippen LogP contribution in [0.4, 0.5) is 11.8 Å². The maximum absolute atomic E-state index is 4.46. The molecule has 1 aromatic heterocycles. The predicted molar refractivity (Wildman–Crippen MR) is 76.5 cm³/mol. The van der Waals surface area contributed by atoms with Gasteiger partial charge in [-0.3, -0.25) is 0 Å². The topological polar surface area (TPSA) is 49.8 Å². The van der Waals surface area contributed by atoms with Gasteiger partial charge in [-0.25, -0.2) is 4.98 Å². The Kier molecular flexibility index (Phi) is 5.18. The standard InChI is InChI=1S/C12H21BrN4/c1-5-12(4,6-2)17-10-9(13)8-15-11(16-10)14-7-3/h8H,5-7H2,1-4H3,(H2,14,15,16,17). The molecule has 17 heavy (non-hydrogen) atoms. The van der Waals surface area contributed by atoms with Crippen molar-refractivity contribution in [2.45, 2.75) is 46.1 Å². The Morgan fingerprint density at radius 3 is 2.47 bits per heavy atom. The van der Waals surface area contributed by atoms with E-state index in [4.69, 9.17) is 0 Å². The number of rotatable bonds is 6. The summed E-state index contributed by atoms with van der Waals surface area (Å²) in [6.45, 7) is 9.41. The predicted octanol–water partition coefficient (Wildman–Crippen LogP) is 3.66. The van der Waals surface area contributed by atoms with Crippen LogP contribution in [-0.4, -0.2) is 22.1 Å². The average Bonchev–Trinajstić information content (AvgIpc) is 2.33. The van der Waals surface area contributed by atoms with Crippen LogP contribution < -0.4 is 10.6 Å². The van der Waals surface area contributed by atoms with Gasteiger partial charge in [0.1, 0.15) is 5.82 Å². The molecule has 0 aliphatic heterocycles. The molecule has 1 rings (SSSR count). The van der Waals surface area contributed by atoms with Gasteiger partial charge < -0.3 is 10.6 Å². The summed E-state index contributed by atoms with van der Waals surface area (Å²) in [6, 6.07) is 0. The number of halogens is 1. The van der Waals surface area contributed by atoms with Crippen molar-refractivity contribution in [1.82, 2.24) is 9.97 Å². The zero-order valence-corrected chi connectivity index (χ0v) is 12.6. The van der Waals surface area contributed by atoms with Crippen LogP contribution in [0.25, 0.3) is 0 Å². The summed E-state index contributed by atoms with van der Waals surface area (Å²) in [5.41, 5.74) is 0.0698. The van der Waals surface area contributed by atoms with Crippen LogP contribution in [0.3, 0.4) is 0 Å². The van der Waals surface area contributed by atoms with Crippen molar-refractivity contribution >= 4 is 27.7 Å². The number of anilines is 2. The second-order valence-corrected chi connectivity index (χ2v) is 5.17. The first-order chi connectivity index (χ1) is 8.04. The largest absolute Gasteiger partial charge is 0.364 e. The number of nitrogens with zero attached hydrogens (tertiary/aromatic N) is 2. The van der Waals surface area contributed by atoms with Crippen molar-refractivity contribution in [3.05, 3.63) is 10.7 Å². The monoisotopic (exact) mass is 300 g/mol. The van der Waals surface area contributed by atoms with Crippen molar-refractivity contribution in [1.29, 1.82) is 0 Å². The van der Waals surface area contributed by atoms with Crippen molar-refractivity contribution < 1.29 is 0 Å². The molecule has 0 fully saturated rings. The van der Waals surface area contributed by atoms with Gasteiger partial charge >= 0.3 is 0 Å². The molecule has 1 heterocycles. The third kappa shape index (κ3) is 3.84. The molecule has 1 aromatic rings. The summed E-state index contributed by atoms with van der Waals surface area (Å²) in [5.74, 6) is 1.51. The van der Waals surface area contributed by atoms with Crippen LogP contribution in [0.5, 0.6) is 0 Å². The van der Waals surface area contributed by atoms with E-state index in [0.717, 1.165) is 29.7 Å². The van der Waals surface area contributed by atoms with Gasteiger partial charge in [0.2, 0.25) is 5.95 Å². The van der Waals surface area contributed by atoms with Crippen molar-refractivity contribution in [2.24, 2.45) is 0 Å². The van der Waals surface area contributed by atoms with E-state index >= 15 is 0 Å². The molecule has 0 amide bonds. The van der Waals surface area contributed by atoms with Crippen LogP contribution >= 0.6 is 15.9 Å². The zero-order valence-electron chi connectivity index (χ0n) is 11.0. The highest BCUT2D eigenvalue weighted by Crippen LogP contribution is 2.26. The fraction of sp³-hybridized carbons (Fsp3) is 0.667. The van der Waals surface area contributed by atoms with Crippen LogP contribution in [0, 0.1) is 0 Å². The number of hydrogen-bond acceptors (Lipinski definition) is 4. The number of hydrogen-bond donors (Lipinski definition) is 2. The Hall–Kier alpha value is -0.840. The van der Waals surface area contributed by atoms with E-state index in [9.17, 15) is 0 Å². The molecule has 5 heteroatoms. The Balaban J connectivity index is 2.92. The van der Waals surface area contributed by atoms with Crippen molar-refractivity contribution in [2.75, 3.05) is 17.2 Å². The molecule has 0 saturated carbocycles. The molecule has 0 bridgehead atoms. The number of aromatic nitrogens is 2. The fourth-order valence-electron chi connectivity index (χ4n) is 1.41. The van der Waals surface area contributed by atoms with Crippen molar-refractivity contribution in [3.63, 3.8) is 0 Å². The summed E-state index contributed by atoms with van der Waals surface area (Å²) in [7, 11) is 0. The van der Waals surface area contributed by atoms with Gasteiger partial charge in [-0.2, -0.15) is 4.98 Å². The van der Waals surface area contributed by atoms with E-state index in [-0.39, 0.29) is 5.54 Å². The molecule has 2 N–H and O–H groups in total. The van der Waals surface area contributed by atoms with Crippen LogP contribution in [0.1, 0.15) is 40.5 Å². The average molecular weight is 301 g/mol. The molecule has 0 spiro atoms. The third-order valence-electron chi connectivity index (χ3n) is 3.06. The van der Waals surface area contributed by atoms with E-state index < -0.39 is 0 Å². The van der Waals surface area contributed by atoms with E-state index in [1.807, 2.05) is 6.92 Å². The number of nitrogens with one attached hydrogen (secondary N) is 2. The Labute approximate surface area is 112 Å². The molecular weight excluding hydrogens is 280 g/mol. The maximum Gasteiger partial charge on any atom is 0.224 e. The Bertz CT molecular complexity index is 364. The van der Waals surface area contributed by atoms with Gasteiger partial charge in [0, 0.05) is 18.3 Å². The minimum absolute atomic E-state index is 0.0698. The highest BCUT2D eigenvalue weighted by molar-refractivity contribution is 9.10. The summed E-state index contributed by atoms with van der Waals surface area (Å²) < 4.78 is 0.896. The normalized spacial score (nSPS) is 11.4. The molecule has 0 aliphatic carbocycles. The summed E-state index contributed by atoms with van der Waals surface area (Å²) in [6.07, 6.45) is 3.88. The minimum Gasteiger partial charge on any atom is -0.364 e. The van der Waals surface area contributed by atoms with Gasteiger partial charge in [0.25, 0.3) is 0 Å². The van der Waals surface area contributed by atoms with Crippen molar-refractivity contribution in [3.8, 4) is 0 Å². The lowest BCUT2D eigenvalue weighted by Crippen LogP contribution is -2.33. The molecule has 0 aromatic carbocycles. The zero-order chi connectivity index (χ0) is 12.9. The first-order valence-electron chi connectivity index (χ1n) is 6.09. The summed E-state index contributed by atoms with van der Waals surface area (Å²) >= 11 is 3.48. The molecular formula is C12H21BrN4. The SMILES string of the molecule is CCNc1ncc(Br)c(NC(C)(CC)CC)n1. The highest BCUT2D eigenvalue weighted by atomic mass is 79.9. The quantitative estimate of drug-likeness (QED) is 0.842. The lowest BCUT2D eigenvalue weighted by molar-refractivity contribution is 0.476. The summed E-state index contributed by atoms with van der Waals surface area (Å²) in [5, 5.41) is 6.60.